The summed E-state index contributed by atoms with van der Waals surface area (Å²) in [5, 5.41) is 0.746. The second-order valence-corrected chi connectivity index (χ2v) is 6.97. The van der Waals surface area contributed by atoms with Crippen LogP contribution in [0.2, 0.25) is 0 Å². The van der Waals surface area contributed by atoms with Crippen LogP contribution in [0.1, 0.15) is 32.0 Å². The van der Waals surface area contributed by atoms with Gasteiger partial charge in [0.1, 0.15) is 5.82 Å². The van der Waals surface area contributed by atoms with Gasteiger partial charge in [-0.15, -0.1) is 0 Å². The first-order valence-corrected chi connectivity index (χ1v) is 8.36. The van der Waals surface area contributed by atoms with E-state index in [4.69, 9.17) is 5.73 Å². The highest BCUT2D eigenvalue weighted by molar-refractivity contribution is 8.00. The van der Waals surface area contributed by atoms with E-state index in [0.29, 0.717) is 5.92 Å². The minimum absolute atomic E-state index is 0.134. The first kappa shape index (κ1) is 15.7. The van der Waals surface area contributed by atoms with Gasteiger partial charge in [0.25, 0.3) is 0 Å². The van der Waals surface area contributed by atoms with E-state index < -0.39 is 0 Å². The second kappa shape index (κ2) is 7.38. The van der Waals surface area contributed by atoms with Gasteiger partial charge in [0.05, 0.1) is 17.9 Å². The molecule has 0 bridgehead atoms. The van der Waals surface area contributed by atoms with Gasteiger partial charge in [0.2, 0.25) is 0 Å². The lowest BCUT2D eigenvalue weighted by atomic mass is 9.98. The fourth-order valence-electron chi connectivity index (χ4n) is 2.59. The van der Waals surface area contributed by atoms with Crippen LogP contribution >= 0.6 is 11.8 Å². The van der Waals surface area contributed by atoms with Crippen molar-refractivity contribution in [2.24, 2.45) is 11.7 Å². The Morgan fingerprint density at radius 2 is 2.35 bits per heavy atom. The van der Waals surface area contributed by atoms with E-state index in [9.17, 15) is 4.39 Å². The minimum Gasteiger partial charge on any atom is -0.322 e. The van der Waals surface area contributed by atoms with E-state index in [2.05, 4.69) is 35.5 Å². The van der Waals surface area contributed by atoms with Crippen LogP contribution in [0, 0.1) is 11.7 Å². The van der Waals surface area contributed by atoms with Crippen LogP contribution in [0.5, 0.6) is 0 Å². The number of hydrogen-bond acceptors (Lipinski definition) is 4. The zero-order valence-corrected chi connectivity index (χ0v) is 13.1. The van der Waals surface area contributed by atoms with Gasteiger partial charge in [0.15, 0.2) is 0 Å². The molecular weight excluding hydrogens is 273 g/mol. The molecule has 0 aliphatic carbocycles. The molecule has 1 fully saturated rings. The molecule has 1 saturated heterocycles. The molecule has 0 spiro atoms. The van der Waals surface area contributed by atoms with Crippen LogP contribution in [-0.4, -0.2) is 40.5 Å². The Morgan fingerprint density at radius 1 is 1.55 bits per heavy atom. The Morgan fingerprint density at radius 3 is 3.00 bits per heavy atom. The molecule has 1 aliphatic rings. The number of halogens is 1. The molecule has 3 atom stereocenters. The molecule has 0 saturated carbocycles. The summed E-state index contributed by atoms with van der Waals surface area (Å²) in [5.41, 5.74) is 7.03. The molecule has 1 aromatic heterocycles. The van der Waals surface area contributed by atoms with Crippen LogP contribution in [-0.2, 0) is 0 Å². The van der Waals surface area contributed by atoms with Crippen molar-refractivity contribution in [3.8, 4) is 0 Å². The lowest BCUT2D eigenvalue weighted by molar-refractivity contribution is 0.226. The van der Waals surface area contributed by atoms with Crippen LogP contribution in [0.25, 0.3) is 0 Å². The number of hydrogen-bond donors (Lipinski definition) is 1. The van der Waals surface area contributed by atoms with Crippen molar-refractivity contribution >= 4 is 11.8 Å². The largest absolute Gasteiger partial charge is 0.322 e. The molecule has 1 aliphatic heterocycles. The first-order chi connectivity index (χ1) is 9.60. The van der Waals surface area contributed by atoms with E-state index in [-0.39, 0.29) is 11.9 Å². The molecule has 2 rings (SSSR count). The zero-order chi connectivity index (χ0) is 14.5. The summed E-state index contributed by atoms with van der Waals surface area (Å²) in [5.74, 6) is 1.20. The van der Waals surface area contributed by atoms with Crippen LogP contribution in [0.15, 0.2) is 18.3 Å². The van der Waals surface area contributed by atoms with Crippen LogP contribution in [0.3, 0.4) is 0 Å². The van der Waals surface area contributed by atoms with Gasteiger partial charge in [-0.05, 0) is 24.5 Å². The molecule has 0 radical (unpaired) electrons. The topological polar surface area (TPSA) is 42.1 Å². The molecule has 20 heavy (non-hydrogen) atoms. The molecule has 2 heterocycles. The zero-order valence-electron chi connectivity index (χ0n) is 12.3. The molecule has 2 N–H and O–H groups in total. The molecule has 3 unspecified atom stereocenters. The highest BCUT2D eigenvalue weighted by Crippen LogP contribution is 2.24. The van der Waals surface area contributed by atoms with Gasteiger partial charge >= 0.3 is 0 Å². The van der Waals surface area contributed by atoms with E-state index in [1.165, 1.54) is 24.4 Å². The Hall–Kier alpha value is -0.650. The molecule has 0 aromatic carbocycles. The summed E-state index contributed by atoms with van der Waals surface area (Å²) in [6, 6.07) is 2.99. The van der Waals surface area contributed by atoms with Crippen molar-refractivity contribution in [3.05, 3.63) is 29.8 Å². The number of thioether (sulfide) groups is 1. The number of rotatable bonds is 5. The normalized spacial score (nSPS) is 23.5. The van der Waals surface area contributed by atoms with E-state index in [1.54, 1.807) is 6.07 Å². The monoisotopic (exact) mass is 297 g/mol. The maximum Gasteiger partial charge on any atom is 0.141 e. The number of nitrogens with zero attached hydrogens (tertiary/aromatic N) is 2. The van der Waals surface area contributed by atoms with Crippen molar-refractivity contribution in [2.75, 3.05) is 25.4 Å². The Kier molecular flexibility index (Phi) is 5.81. The lowest BCUT2D eigenvalue weighted by Gasteiger charge is -2.34. The van der Waals surface area contributed by atoms with E-state index >= 15 is 0 Å². The minimum atomic E-state index is -0.313. The summed E-state index contributed by atoms with van der Waals surface area (Å²) in [7, 11) is 0. The molecule has 5 heteroatoms. The molecule has 112 valence electrons. The molecule has 1 aromatic rings. The van der Waals surface area contributed by atoms with Gasteiger partial charge in [-0.2, -0.15) is 11.8 Å². The van der Waals surface area contributed by atoms with Crippen molar-refractivity contribution in [2.45, 2.75) is 31.6 Å². The Balaban J connectivity index is 1.90. The fourth-order valence-corrected chi connectivity index (χ4v) is 3.84. The van der Waals surface area contributed by atoms with Gasteiger partial charge in [-0.25, -0.2) is 4.39 Å². The molecule has 0 amide bonds. The Bertz CT molecular complexity index is 412. The first-order valence-electron chi connectivity index (χ1n) is 7.31. The summed E-state index contributed by atoms with van der Waals surface area (Å²) in [6.45, 7) is 7.67. The summed E-state index contributed by atoms with van der Waals surface area (Å²) in [4.78, 5) is 6.60. The number of nitrogens with two attached hydrogens (primary N) is 1. The van der Waals surface area contributed by atoms with Crippen molar-refractivity contribution in [1.82, 2.24) is 9.88 Å². The fraction of sp³-hybridized carbons (Fsp3) is 0.667. The van der Waals surface area contributed by atoms with Gasteiger partial charge in [-0.3, -0.25) is 4.98 Å². The maximum atomic E-state index is 12.9. The van der Waals surface area contributed by atoms with E-state index in [1.807, 2.05) is 0 Å². The third-order valence-electron chi connectivity index (χ3n) is 3.93. The third kappa shape index (κ3) is 4.17. The predicted octanol–water partition coefficient (Wildman–Crippen LogP) is 2.68. The number of aromatic nitrogens is 1. The SMILES string of the molecule is CCC1CN(CC(C)C(N)c2ccc(F)cn2)CCS1. The van der Waals surface area contributed by atoms with Crippen molar-refractivity contribution in [1.29, 1.82) is 0 Å². The summed E-state index contributed by atoms with van der Waals surface area (Å²) in [6.07, 6.45) is 2.47. The maximum absolute atomic E-state index is 12.9. The van der Waals surface area contributed by atoms with Gasteiger partial charge in [-0.1, -0.05) is 13.8 Å². The van der Waals surface area contributed by atoms with Crippen molar-refractivity contribution < 1.29 is 4.39 Å². The predicted molar refractivity (Wildman–Crippen MR) is 83.3 cm³/mol. The molecular formula is C15H24FN3S. The van der Waals surface area contributed by atoms with Gasteiger partial charge < -0.3 is 10.6 Å². The third-order valence-corrected chi connectivity index (χ3v) is 5.30. The molecule has 3 nitrogen and oxygen atoms in total. The quantitative estimate of drug-likeness (QED) is 0.907. The van der Waals surface area contributed by atoms with Crippen LogP contribution in [0.4, 0.5) is 4.39 Å². The summed E-state index contributed by atoms with van der Waals surface area (Å²) < 4.78 is 12.9. The summed E-state index contributed by atoms with van der Waals surface area (Å²) >= 11 is 2.07. The van der Waals surface area contributed by atoms with Gasteiger partial charge in [0, 0.05) is 30.6 Å². The standard InChI is InChI=1S/C15H24FN3S/c1-3-13-10-19(6-7-20-13)9-11(2)15(17)14-5-4-12(16)8-18-14/h4-5,8,11,13,15H,3,6-7,9-10,17H2,1-2H3. The smallest absolute Gasteiger partial charge is 0.141 e. The highest BCUT2D eigenvalue weighted by atomic mass is 32.2. The second-order valence-electron chi connectivity index (χ2n) is 5.56. The average Bonchev–Trinajstić information content (AvgIpc) is 2.47. The van der Waals surface area contributed by atoms with Crippen LogP contribution < -0.4 is 5.73 Å². The average molecular weight is 297 g/mol. The highest BCUT2D eigenvalue weighted by Gasteiger charge is 2.23. The number of pyridine rings is 1. The lowest BCUT2D eigenvalue weighted by Crippen LogP contribution is -2.41. The Labute approximate surface area is 125 Å². The van der Waals surface area contributed by atoms with E-state index in [0.717, 1.165) is 30.6 Å². The van der Waals surface area contributed by atoms with Crippen molar-refractivity contribution in [3.63, 3.8) is 0 Å².